The molecule has 2 aromatic rings. The Balaban J connectivity index is 0.00000176. The van der Waals surface area contributed by atoms with Gasteiger partial charge in [0.05, 0.1) is 25.3 Å². The van der Waals surface area contributed by atoms with E-state index in [0.717, 1.165) is 31.2 Å². The zero-order valence-corrected chi connectivity index (χ0v) is 13.5. The van der Waals surface area contributed by atoms with E-state index in [2.05, 4.69) is 10.1 Å². The van der Waals surface area contributed by atoms with Crippen molar-refractivity contribution in [2.24, 2.45) is 5.73 Å². The quantitative estimate of drug-likeness (QED) is 0.930. The molecule has 0 radical (unpaired) electrons. The molecule has 1 fully saturated rings. The Kier molecular flexibility index (Phi) is 4.93. The maximum absolute atomic E-state index is 6.35. The molecule has 1 heterocycles. The Morgan fingerprint density at radius 3 is 2.55 bits per heavy atom. The third-order valence-corrected chi connectivity index (χ3v) is 4.01. The normalized spacial score (nSPS) is 16.1. The molecule has 1 aromatic carbocycles. The largest absolute Gasteiger partial charge is 0.497 e. The molecule has 0 bridgehead atoms. The molecule has 120 valence electrons. The zero-order chi connectivity index (χ0) is 14.9. The lowest BCUT2D eigenvalue weighted by Crippen LogP contribution is -2.34. The molecule has 0 atom stereocenters. The molecular weight excluding hydrogens is 306 g/mol. The zero-order valence-electron chi connectivity index (χ0n) is 12.7. The van der Waals surface area contributed by atoms with Crippen LogP contribution < -0.4 is 15.2 Å². The maximum atomic E-state index is 6.35. The lowest BCUT2D eigenvalue weighted by molar-refractivity contribution is 0.369. The summed E-state index contributed by atoms with van der Waals surface area (Å²) in [6, 6.07) is 5.45. The topological polar surface area (TPSA) is 83.4 Å². The van der Waals surface area contributed by atoms with Gasteiger partial charge in [-0.1, -0.05) is 18.0 Å². The molecular formula is C15H20ClN3O3. The average molecular weight is 326 g/mol. The van der Waals surface area contributed by atoms with Crippen molar-refractivity contribution in [1.82, 2.24) is 10.1 Å². The highest BCUT2D eigenvalue weighted by Gasteiger charge is 2.36. The van der Waals surface area contributed by atoms with Gasteiger partial charge in [-0.05, 0) is 25.0 Å². The number of methoxy groups -OCH3 is 2. The Bertz CT molecular complexity index is 639. The summed E-state index contributed by atoms with van der Waals surface area (Å²) < 4.78 is 15.9. The van der Waals surface area contributed by atoms with Gasteiger partial charge in [0.15, 0.2) is 5.82 Å². The molecule has 1 saturated carbocycles. The smallest absolute Gasteiger partial charge is 0.261 e. The molecule has 0 spiro atoms. The third-order valence-electron chi connectivity index (χ3n) is 4.01. The first kappa shape index (κ1) is 16.6. The van der Waals surface area contributed by atoms with Crippen molar-refractivity contribution < 1.29 is 14.0 Å². The molecule has 0 amide bonds. The van der Waals surface area contributed by atoms with Crippen molar-refractivity contribution in [3.63, 3.8) is 0 Å². The Hall–Kier alpha value is -1.79. The number of nitrogens with two attached hydrogens (primary N) is 1. The highest BCUT2D eigenvalue weighted by Crippen LogP contribution is 2.37. The van der Waals surface area contributed by atoms with E-state index in [1.54, 1.807) is 20.3 Å². The van der Waals surface area contributed by atoms with E-state index in [0.29, 0.717) is 23.2 Å². The van der Waals surface area contributed by atoms with Gasteiger partial charge in [0.1, 0.15) is 11.5 Å². The van der Waals surface area contributed by atoms with Crippen LogP contribution in [0.2, 0.25) is 0 Å². The highest BCUT2D eigenvalue weighted by atomic mass is 35.5. The number of rotatable bonds is 4. The SMILES string of the molecule is COc1ccc(-c2nc(C3(N)CCCC3)no2)c(OC)c1.Cl. The molecule has 3 rings (SSSR count). The van der Waals surface area contributed by atoms with E-state index >= 15 is 0 Å². The van der Waals surface area contributed by atoms with Crippen molar-refractivity contribution in [2.45, 2.75) is 31.2 Å². The van der Waals surface area contributed by atoms with Crippen LogP contribution in [-0.4, -0.2) is 24.4 Å². The maximum Gasteiger partial charge on any atom is 0.261 e. The Morgan fingerprint density at radius 2 is 1.91 bits per heavy atom. The predicted octanol–water partition coefficient (Wildman–Crippen LogP) is 2.90. The van der Waals surface area contributed by atoms with E-state index in [9.17, 15) is 0 Å². The third kappa shape index (κ3) is 2.89. The first-order chi connectivity index (χ1) is 10.2. The lowest BCUT2D eigenvalue weighted by Gasteiger charge is -2.17. The summed E-state index contributed by atoms with van der Waals surface area (Å²) in [6.07, 6.45) is 4.00. The number of nitrogens with zero attached hydrogens (tertiary/aromatic N) is 2. The van der Waals surface area contributed by atoms with Crippen LogP contribution in [0.15, 0.2) is 22.7 Å². The number of hydrogen-bond donors (Lipinski definition) is 1. The van der Waals surface area contributed by atoms with Crippen LogP contribution >= 0.6 is 12.4 Å². The highest BCUT2D eigenvalue weighted by molar-refractivity contribution is 5.85. The summed E-state index contributed by atoms with van der Waals surface area (Å²) in [7, 11) is 3.20. The van der Waals surface area contributed by atoms with Crippen LogP contribution in [0.4, 0.5) is 0 Å². The van der Waals surface area contributed by atoms with Crippen molar-refractivity contribution >= 4 is 12.4 Å². The van der Waals surface area contributed by atoms with Gasteiger partial charge in [0.25, 0.3) is 5.89 Å². The fraction of sp³-hybridized carbons (Fsp3) is 0.467. The van der Waals surface area contributed by atoms with E-state index in [-0.39, 0.29) is 12.4 Å². The van der Waals surface area contributed by atoms with Gasteiger partial charge in [-0.15, -0.1) is 12.4 Å². The van der Waals surface area contributed by atoms with Crippen molar-refractivity contribution in [2.75, 3.05) is 14.2 Å². The van der Waals surface area contributed by atoms with Crippen LogP contribution in [0.5, 0.6) is 11.5 Å². The summed E-state index contributed by atoms with van der Waals surface area (Å²) in [5.74, 6) is 2.33. The molecule has 0 aliphatic heterocycles. The molecule has 0 saturated heterocycles. The average Bonchev–Trinajstić information content (AvgIpc) is 3.16. The summed E-state index contributed by atoms with van der Waals surface area (Å²) in [5, 5.41) is 4.07. The van der Waals surface area contributed by atoms with Gasteiger partial charge in [0.2, 0.25) is 0 Å². The number of benzene rings is 1. The predicted molar refractivity (Wildman–Crippen MR) is 84.4 cm³/mol. The van der Waals surface area contributed by atoms with Crippen molar-refractivity contribution in [3.8, 4) is 23.0 Å². The molecule has 1 aromatic heterocycles. The van der Waals surface area contributed by atoms with Crippen LogP contribution in [-0.2, 0) is 5.54 Å². The van der Waals surface area contributed by atoms with E-state index < -0.39 is 5.54 Å². The second kappa shape index (κ2) is 6.54. The molecule has 7 heteroatoms. The van der Waals surface area contributed by atoms with Gasteiger partial charge in [-0.25, -0.2) is 0 Å². The van der Waals surface area contributed by atoms with Gasteiger partial charge < -0.3 is 19.7 Å². The summed E-state index contributed by atoms with van der Waals surface area (Å²) in [5.41, 5.74) is 6.63. The fourth-order valence-corrected chi connectivity index (χ4v) is 2.74. The van der Waals surface area contributed by atoms with Crippen molar-refractivity contribution in [1.29, 1.82) is 0 Å². The van der Waals surface area contributed by atoms with Crippen LogP contribution in [0.1, 0.15) is 31.5 Å². The van der Waals surface area contributed by atoms with Crippen LogP contribution in [0.3, 0.4) is 0 Å². The minimum Gasteiger partial charge on any atom is -0.497 e. The molecule has 22 heavy (non-hydrogen) atoms. The number of aromatic nitrogens is 2. The van der Waals surface area contributed by atoms with Gasteiger partial charge >= 0.3 is 0 Å². The molecule has 1 aliphatic carbocycles. The molecule has 6 nitrogen and oxygen atoms in total. The summed E-state index contributed by atoms with van der Waals surface area (Å²) in [4.78, 5) is 4.47. The Morgan fingerprint density at radius 1 is 1.18 bits per heavy atom. The summed E-state index contributed by atoms with van der Waals surface area (Å²) in [6.45, 7) is 0. The van der Waals surface area contributed by atoms with Crippen LogP contribution in [0.25, 0.3) is 11.5 Å². The first-order valence-corrected chi connectivity index (χ1v) is 7.02. The second-order valence-corrected chi connectivity index (χ2v) is 5.35. The van der Waals surface area contributed by atoms with E-state index in [1.807, 2.05) is 12.1 Å². The standard InChI is InChI=1S/C15H19N3O3.ClH/c1-19-10-5-6-11(12(9-10)20-2)13-17-14(18-21-13)15(16)7-3-4-8-15;/h5-6,9H,3-4,7-8,16H2,1-2H3;1H. The van der Waals surface area contributed by atoms with Gasteiger partial charge in [-0.3, -0.25) is 0 Å². The van der Waals surface area contributed by atoms with Gasteiger partial charge in [0, 0.05) is 6.07 Å². The van der Waals surface area contributed by atoms with Crippen LogP contribution in [0, 0.1) is 0 Å². The second-order valence-electron chi connectivity index (χ2n) is 5.35. The molecule has 0 unspecified atom stereocenters. The fourth-order valence-electron chi connectivity index (χ4n) is 2.74. The van der Waals surface area contributed by atoms with Gasteiger partial charge in [-0.2, -0.15) is 4.98 Å². The lowest BCUT2D eigenvalue weighted by atomic mass is 9.99. The molecule has 1 aliphatic rings. The number of ether oxygens (including phenoxy) is 2. The first-order valence-electron chi connectivity index (χ1n) is 7.02. The minimum absolute atomic E-state index is 0. The Labute approximate surface area is 135 Å². The number of halogens is 1. The van der Waals surface area contributed by atoms with E-state index in [4.69, 9.17) is 19.7 Å². The minimum atomic E-state index is -0.457. The summed E-state index contributed by atoms with van der Waals surface area (Å²) >= 11 is 0. The van der Waals surface area contributed by atoms with Crippen molar-refractivity contribution in [3.05, 3.63) is 24.0 Å². The monoisotopic (exact) mass is 325 g/mol. The van der Waals surface area contributed by atoms with E-state index in [1.165, 1.54) is 0 Å². The molecule has 2 N–H and O–H groups in total. The number of hydrogen-bond acceptors (Lipinski definition) is 6.